The van der Waals surface area contributed by atoms with Crippen LogP contribution in [0, 0.1) is 0 Å². The first-order chi connectivity index (χ1) is 16.7. The maximum atomic E-state index is 5.51. The number of anilines is 2. The molecule has 2 fully saturated rings. The van der Waals surface area contributed by atoms with Crippen molar-refractivity contribution in [2.45, 2.75) is 12.8 Å². The van der Waals surface area contributed by atoms with Crippen LogP contribution in [0.5, 0.6) is 11.5 Å². The van der Waals surface area contributed by atoms with Gasteiger partial charge in [-0.15, -0.1) is 0 Å². The van der Waals surface area contributed by atoms with Crippen LogP contribution in [0.1, 0.15) is 12.8 Å². The molecule has 0 spiro atoms. The summed E-state index contributed by atoms with van der Waals surface area (Å²) in [5, 5.41) is 4.55. The molecule has 8 heteroatoms. The van der Waals surface area contributed by atoms with Crippen molar-refractivity contribution in [2.75, 3.05) is 63.3 Å². The topological polar surface area (TPSA) is 78.5 Å². The van der Waals surface area contributed by atoms with Crippen molar-refractivity contribution in [2.24, 2.45) is 0 Å². The van der Waals surface area contributed by atoms with Gasteiger partial charge < -0.3 is 29.6 Å². The van der Waals surface area contributed by atoms with Gasteiger partial charge in [0.1, 0.15) is 11.0 Å². The van der Waals surface area contributed by atoms with E-state index in [4.69, 9.17) is 19.4 Å². The molecule has 2 aliphatic heterocycles. The summed E-state index contributed by atoms with van der Waals surface area (Å²) >= 11 is 0. The van der Waals surface area contributed by atoms with Gasteiger partial charge in [-0.3, -0.25) is 0 Å². The smallest absolute Gasteiger partial charge is 0.228 e. The lowest BCUT2D eigenvalue weighted by molar-refractivity contribution is 0.355. The predicted octanol–water partition coefficient (Wildman–Crippen LogP) is 3.81. The highest BCUT2D eigenvalue weighted by molar-refractivity contribution is 6.09. The number of rotatable bonds is 5. The molecule has 2 saturated heterocycles. The van der Waals surface area contributed by atoms with Gasteiger partial charge in [-0.1, -0.05) is 18.2 Å². The van der Waals surface area contributed by atoms with Crippen molar-refractivity contribution in [3.63, 3.8) is 0 Å². The van der Waals surface area contributed by atoms with Crippen LogP contribution >= 0.6 is 0 Å². The zero-order chi connectivity index (χ0) is 23.1. The minimum Gasteiger partial charge on any atom is -0.493 e. The van der Waals surface area contributed by atoms with Gasteiger partial charge >= 0.3 is 0 Å². The number of fused-ring (bicyclic) bond motifs is 3. The van der Waals surface area contributed by atoms with Crippen molar-refractivity contribution in [1.82, 2.24) is 20.3 Å². The number of benzene rings is 2. The van der Waals surface area contributed by atoms with E-state index in [1.807, 2.05) is 12.1 Å². The molecule has 0 aliphatic carbocycles. The highest BCUT2D eigenvalue weighted by Crippen LogP contribution is 2.37. The number of hydrogen-bond donors (Lipinski definition) is 2. The Labute approximate surface area is 198 Å². The maximum Gasteiger partial charge on any atom is 0.228 e. The minimum atomic E-state index is 0.722. The first-order valence-electron chi connectivity index (χ1n) is 12.0. The monoisotopic (exact) mass is 458 g/mol. The van der Waals surface area contributed by atoms with Crippen molar-refractivity contribution in [3.05, 3.63) is 36.4 Å². The number of aromatic nitrogens is 3. The number of nitrogens with zero attached hydrogens (tertiary/aromatic N) is 4. The van der Waals surface area contributed by atoms with E-state index in [0.29, 0.717) is 0 Å². The van der Waals surface area contributed by atoms with Gasteiger partial charge in [0.05, 0.1) is 14.2 Å². The molecule has 0 amide bonds. The Balaban J connectivity index is 1.49. The van der Waals surface area contributed by atoms with Gasteiger partial charge in [-0.2, -0.15) is 4.98 Å². The zero-order valence-corrected chi connectivity index (χ0v) is 19.7. The fourth-order valence-corrected chi connectivity index (χ4v) is 5.10. The lowest BCUT2D eigenvalue weighted by Crippen LogP contribution is -2.44. The molecule has 0 atom stereocenters. The quantitative estimate of drug-likeness (QED) is 0.471. The zero-order valence-electron chi connectivity index (χ0n) is 19.7. The SMILES string of the molecule is COc1ccc(-c2ccc3c(c2)[nH]c2c(N4CCCC4)nc(N4CCNCC4)nc23)cc1OC. The van der Waals surface area contributed by atoms with Crippen LogP contribution in [-0.2, 0) is 0 Å². The number of ether oxygens (including phenoxy) is 2. The molecular weight excluding hydrogens is 428 g/mol. The van der Waals surface area contributed by atoms with Crippen molar-refractivity contribution in [3.8, 4) is 22.6 Å². The Morgan fingerprint density at radius 1 is 0.794 bits per heavy atom. The van der Waals surface area contributed by atoms with Crippen molar-refractivity contribution in [1.29, 1.82) is 0 Å². The van der Waals surface area contributed by atoms with E-state index in [1.165, 1.54) is 12.8 Å². The van der Waals surface area contributed by atoms with Crippen LogP contribution in [-0.4, -0.2) is 68.4 Å². The molecule has 4 aromatic rings. The molecule has 34 heavy (non-hydrogen) atoms. The third-order valence-electron chi connectivity index (χ3n) is 6.93. The Morgan fingerprint density at radius 2 is 1.53 bits per heavy atom. The Kier molecular flexibility index (Phi) is 5.37. The highest BCUT2D eigenvalue weighted by atomic mass is 16.5. The molecule has 0 unspecified atom stereocenters. The van der Waals surface area contributed by atoms with E-state index < -0.39 is 0 Å². The van der Waals surface area contributed by atoms with Crippen LogP contribution in [0.15, 0.2) is 36.4 Å². The van der Waals surface area contributed by atoms with Gasteiger partial charge in [0.2, 0.25) is 5.95 Å². The normalized spacial score (nSPS) is 16.5. The first-order valence-corrected chi connectivity index (χ1v) is 12.0. The summed E-state index contributed by atoms with van der Waals surface area (Å²) in [5.74, 6) is 3.31. The van der Waals surface area contributed by atoms with Crippen LogP contribution in [0.3, 0.4) is 0 Å². The molecule has 2 N–H and O–H groups in total. The fourth-order valence-electron chi connectivity index (χ4n) is 5.10. The summed E-state index contributed by atoms with van der Waals surface area (Å²) < 4.78 is 10.9. The van der Waals surface area contributed by atoms with Gasteiger partial charge in [0, 0.05) is 50.2 Å². The number of nitrogens with one attached hydrogen (secondary N) is 2. The number of hydrogen-bond acceptors (Lipinski definition) is 7. The summed E-state index contributed by atoms with van der Waals surface area (Å²) in [4.78, 5) is 18.5. The molecule has 4 heterocycles. The Morgan fingerprint density at radius 3 is 2.29 bits per heavy atom. The van der Waals surface area contributed by atoms with E-state index in [-0.39, 0.29) is 0 Å². The average Bonchev–Trinajstić information content (AvgIpc) is 3.56. The second kappa shape index (κ2) is 8.68. The molecule has 0 saturated carbocycles. The predicted molar refractivity (Wildman–Crippen MR) is 136 cm³/mol. The summed E-state index contributed by atoms with van der Waals surface area (Å²) in [6, 6.07) is 12.5. The number of methoxy groups -OCH3 is 2. The third-order valence-corrected chi connectivity index (χ3v) is 6.93. The molecule has 8 nitrogen and oxygen atoms in total. The van der Waals surface area contributed by atoms with Gasteiger partial charge in [-0.25, -0.2) is 4.98 Å². The van der Waals surface area contributed by atoms with Gasteiger partial charge in [-0.05, 0) is 42.2 Å². The molecule has 6 rings (SSSR count). The van der Waals surface area contributed by atoms with Crippen molar-refractivity contribution < 1.29 is 9.47 Å². The van der Waals surface area contributed by atoms with Crippen LogP contribution in [0.2, 0.25) is 0 Å². The molecule has 176 valence electrons. The molecule has 2 aromatic carbocycles. The second-order valence-corrected chi connectivity index (χ2v) is 8.96. The Hall–Kier alpha value is -3.52. The standard InChI is InChI=1S/C26H30N6O2/c1-33-21-8-6-18(16-22(21)34-2)17-5-7-19-20(15-17)28-24-23(19)29-26(32-13-9-27-10-14-32)30-25(24)31-11-3-4-12-31/h5-8,15-16,27-28H,3-4,9-14H2,1-2H3. The van der Waals surface area contributed by atoms with Crippen molar-refractivity contribution >= 4 is 33.7 Å². The van der Waals surface area contributed by atoms with E-state index in [0.717, 1.165) is 95.6 Å². The highest BCUT2D eigenvalue weighted by Gasteiger charge is 2.23. The first kappa shape index (κ1) is 21.0. The summed E-state index contributed by atoms with van der Waals surface area (Å²) in [5.41, 5.74) is 5.28. The number of aromatic amines is 1. The van der Waals surface area contributed by atoms with Gasteiger partial charge in [0.15, 0.2) is 17.3 Å². The molecule has 0 radical (unpaired) electrons. The number of piperazine rings is 1. The average molecular weight is 459 g/mol. The van der Waals surface area contributed by atoms with E-state index in [1.54, 1.807) is 14.2 Å². The second-order valence-electron chi connectivity index (χ2n) is 8.96. The fraction of sp³-hybridized carbons (Fsp3) is 0.385. The summed E-state index contributed by atoms with van der Waals surface area (Å²) in [7, 11) is 3.32. The Bertz CT molecular complexity index is 1340. The van der Waals surface area contributed by atoms with Crippen LogP contribution in [0.4, 0.5) is 11.8 Å². The van der Waals surface area contributed by atoms with E-state index in [9.17, 15) is 0 Å². The van der Waals surface area contributed by atoms with E-state index >= 15 is 0 Å². The minimum absolute atomic E-state index is 0.722. The van der Waals surface area contributed by atoms with E-state index in [2.05, 4.69) is 44.4 Å². The summed E-state index contributed by atoms with van der Waals surface area (Å²) in [6.45, 7) is 5.86. The molecule has 2 aromatic heterocycles. The molecule has 2 aliphatic rings. The maximum absolute atomic E-state index is 5.51. The largest absolute Gasteiger partial charge is 0.493 e. The molecular formula is C26H30N6O2. The third kappa shape index (κ3) is 3.58. The lowest BCUT2D eigenvalue weighted by Gasteiger charge is -2.28. The van der Waals surface area contributed by atoms with Crippen LogP contribution in [0.25, 0.3) is 33.1 Å². The lowest BCUT2D eigenvalue weighted by atomic mass is 10.0. The number of H-pyrrole nitrogens is 1. The van der Waals surface area contributed by atoms with Crippen LogP contribution < -0.4 is 24.6 Å². The molecule has 0 bridgehead atoms. The van der Waals surface area contributed by atoms with Gasteiger partial charge in [0.25, 0.3) is 0 Å². The summed E-state index contributed by atoms with van der Waals surface area (Å²) in [6.07, 6.45) is 2.41.